The molecule has 3 heterocycles. The second-order valence-electron chi connectivity index (χ2n) is 7.24. The van der Waals surface area contributed by atoms with Crippen molar-refractivity contribution in [3.8, 4) is 0 Å². The second-order valence-corrected chi connectivity index (χ2v) is 7.24. The summed E-state index contributed by atoms with van der Waals surface area (Å²) in [5.41, 5.74) is 3.41. The summed E-state index contributed by atoms with van der Waals surface area (Å²) in [4.78, 5) is 31.8. The first-order chi connectivity index (χ1) is 14.1. The zero-order chi connectivity index (χ0) is 20.2. The zero-order valence-corrected chi connectivity index (χ0v) is 16.3. The number of aromatic nitrogens is 3. The Balaban J connectivity index is 1.49. The minimum Gasteiger partial charge on any atom is -0.350 e. The van der Waals surface area contributed by atoms with Crippen LogP contribution in [0.3, 0.4) is 0 Å². The van der Waals surface area contributed by atoms with Gasteiger partial charge < -0.3 is 10.2 Å². The van der Waals surface area contributed by atoms with E-state index in [-0.39, 0.29) is 11.8 Å². The first kappa shape index (κ1) is 18.9. The van der Waals surface area contributed by atoms with Gasteiger partial charge in [-0.25, -0.2) is 0 Å². The van der Waals surface area contributed by atoms with E-state index >= 15 is 0 Å². The van der Waals surface area contributed by atoms with Gasteiger partial charge in [-0.3, -0.25) is 19.3 Å². The van der Waals surface area contributed by atoms with Crippen molar-refractivity contribution in [1.29, 1.82) is 0 Å². The highest BCUT2D eigenvalue weighted by Gasteiger charge is 2.35. The number of pyridine rings is 1. The maximum Gasteiger partial charge on any atom is 0.231 e. The number of carbonyl (C=O) groups is 2. The van der Waals surface area contributed by atoms with E-state index in [2.05, 4.69) is 15.4 Å². The van der Waals surface area contributed by atoms with Crippen LogP contribution in [0.5, 0.6) is 0 Å². The third-order valence-electron chi connectivity index (χ3n) is 5.07. The van der Waals surface area contributed by atoms with Gasteiger partial charge in [0.2, 0.25) is 11.8 Å². The van der Waals surface area contributed by atoms with Gasteiger partial charge in [0, 0.05) is 38.1 Å². The Morgan fingerprint density at radius 1 is 1.14 bits per heavy atom. The van der Waals surface area contributed by atoms with Crippen LogP contribution in [-0.2, 0) is 36.1 Å². The van der Waals surface area contributed by atoms with Gasteiger partial charge in [-0.15, -0.1) is 0 Å². The number of nitrogens with one attached hydrogen (secondary N) is 1. The molecule has 2 aromatic heterocycles. The van der Waals surface area contributed by atoms with Gasteiger partial charge in [0.1, 0.15) is 0 Å². The number of amides is 2. The van der Waals surface area contributed by atoms with Crippen molar-refractivity contribution in [2.24, 2.45) is 7.05 Å². The lowest BCUT2D eigenvalue weighted by atomic mass is 9.95. The van der Waals surface area contributed by atoms with Gasteiger partial charge in [0.05, 0.1) is 30.3 Å². The molecule has 0 bridgehead atoms. The molecule has 0 saturated heterocycles. The molecular weight excluding hydrogens is 366 g/mol. The molecule has 7 nitrogen and oxygen atoms in total. The van der Waals surface area contributed by atoms with Crippen LogP contribution in [0.15, 0.2) is 60.9 Å². The molecule has 0 spiro atoms. The molecule has 3 aromatic rings. The quantitative estimate of drug-likeness (QED) is 0.722. The highest BCUT2D eigenvalue weighted by molar-refractivity contribution is 5.86. The monoisotopic (exact) mass is 389 g/mol. The Labute approximate surface area is 169 Å². The number of carbonyl (C=O) groups excluding carboxylic acids is 2. The van der Waals surface area contributed by atoms with Crippen LogP contribution in [0, 0.1) is 0 Å². The van der Waals surface area contributed by atoms with Crippen LogP contribution in [0.1, 0.15) is 28.4 Å². The topological polar surface area (TPSA) is 80.1 Å². The van der Waals surface area contributed by atoms with Crippen molar-refractivity contribution in [3.63, 3.8) is 0 Å². The molecule has 0 fully saturated rings. The maximum atomic E-state index is 12.9. The summed E-state index contributed by atoms with van der Waals surface area (Å²) in [6.45, 7) is 1.14. The highest BCUT2D eigenvalue weighted by atomic mass is 16.2. The standard InChI is InChI=1S/C22H23N5O2/c1-26-13-17-14-27(20(28)11-16-7-3-2-4-8-16)15-19(21(17)25-26)22(29)24-12-18-9-5-6-10-23-18/h2-10,13,19H,11-12,14-15H2,1H3,(H,24,29)/t19-/m0/s1. The van der Waals surface area contributed by atoms with E-state index in [1.807, 2.05) is 61.8 Å². The van der Waals surface area contributed by atoms with E-state index in [4.69, 9.17) is 0 Å². The predicted octanol–water partition coefficient (Wildman–Crippen LogP) is 1.80. The summed E-state index contributed by atoms with van der Waals surface area (Å²) < 4.78 is 1.70. The molecule has 1 aliphatic rings. The van der Waals surface area contributed by atoms with E-state index in [1.165, 1.54) is 0 Å². The number of hydrogen-bond donors (Lipinski definition) is 1. The molecule has 2 amide bonds. The lowest BCUT2D eigenvalue weighted by Gasteiger charge is -2.31. The van der Waals surface area contributed by atoms with Gasteiger partial charge in [-0.1, -0.05) is 36.4 Å². The van der Waals surface area contributed by atoms with E-state index in [1.54, 1.807) is 15.8 Å². The summed E-state index contributed by atoms with van der Waals surface area (Å²) >= 11 is 0. The van der Waals surface area contributed by atoms with Crippen molar-refractivity contribution < 1.29 is 9.59 Å². The molecule has 1 aromatic carbocycles. The molecule has 148 valence electrons. The van der Waals surface area contributed by atoms with Crippen LogP contribution in [0.2, 0.25) is 0 Å². The molecule has 0 unspecified atom stereocenters. The summed E-state index contributed by atoms with van der Waals surface area (Å²) in [5, 5.41) is 7.43. The van der Waals surface area contributed by atoms with Gasteiger partial charge in [0.25, 0.3) is 0 Å². The number of rotatable bonds is 5. The molecule has 7 heteroatoms. The Kier molecular flexibility index (Phi) is 5.37. The summed E-state index contributed by atoms with van der Waals surface area (Å²) in [6, 6.07) is 15.2. The maximum absolute atomic E-state index is 12.9. The van der Waals surface area contributed by atoms with E-state index < -0.39 is 5.92 Å². The Morgan fingerprint density at radius 2 is 1.93 bits per heavy atom. The largest absolute Gasteiger partial charge is 0.350 e. The fourth-order valence-corrected chi connectivity index (χ4v) is 3.63. The van der Waals surface area contributed by atoms with Crippen molar-refractivity contribution in [2.45, 2.75) is 25.4 Å². The molecule has 1 atom stereocenters. The van der Waals surface area contributed by atoms with Crippen LogP contribution in [0.25, 0.3) is 0 Å². The van der Waals surface area contributed by atoms with E-state index in [0.717, 1.165) is 22.5 Å². The third kappa shape index (κ3) is 4.34. The molecular formula is C22H23N5O2. The molecule has 0 saturated carbocycles. The summed E-state index contributed by atoms with van der Waals surface area (Å²) in [7, 11) is 1.83. The number of fused-ring (bicyclic) bond motifs is 1. The number of hydrogen-bond acceptors (Lipinski definition) is 4. The first-order valence-electron chi connectivity index (χ1n) is 9.62. The fraction of sp³-hybridized carbons (Fsp3) is 0.273. The van der Waals surface area contributed by atoms with Gasteiger partial charge in [0.15, 0.2) is 0 Å². The average Bonchev–Trinajstić information content (AvgIpc) is 3.12. The predicted molar refractivity (Wildman–Crippen MR) is 108 cm³/mol. The number of nitrogens with zero attached hydrogens (tertiary/aromatic N) is 4. The van der Waals surface area contributed by atoms with Crippen LogP contribution in [0.4, 0.5) is 0 Å². The number of benzene rings is 1. The van der Waals surface area contributed by atoms with Crippen LogP contribution >= 0.6 is 0 Å². The summed E-state index contributed by atoms with van der Waals surface area (Å²) in [6.07, 6.45) is 3.90. The van der Waals surface area contributed by atoms with Crippen molar-refractivity contribution >= 4 is 11.8 Å². The lowest BCUT2D eigenvalue weighted by molar-refractivity contribution is -0.133. The molecule has 29 heavy (non-hydrogen) atoms. The van der Waals surface area contributed by atoms with Crippen molar-refractivity contribution in [3.05, 3.63) is 83.4 Å². The minimum absolute atomic E-state index is 0.00762. The van der Waals surface area contributed by atoms with Crippen molar-refractivity contribution in [1.82, 2.24) is 25.0 Å². The fourth-order valence-electron chi connectivity index (χ4n) is 3.63. The smallest absolute Gasteiger partial charge is 0.231 e. The second kappa shape index (κ2) is 8.26. The van der Waals surface area contributed by atoms with Crippen LogP contribution < -0.4 is 5.32 Å². The zero-order valence-electron chi connectivity index (χ0n) is 16.3. The molecule has 4 rings (SSSR count). The Bertz CT molecular complexity index is 1000. The first-order valence-corrected chi connectivity index (χ1v) is 9.62. The normalized spacial score (nSPS) is 15.6. The molecule has 1 N–H and O–H groups in total. The lowest BCUT2D eigenvalue weighted by Crippen LogP contribution is -2.44. The SMILES string of the molecule is Cn1cc2c(n1)[C@@H](C(=O)NCc1ccccn1)CN(C(=O)Cc1ccccc1)C2. The highest BCUT2D eigenvalue weighted by Crippen LogP contribution is 2.28. The summed E-state index contributed by atoms with van der Waals surface area (Å²) in [5.74, 6) is -0.635. The average molecular weight is 389 g/mol. The molecule has 0 aliphatic carbocycles. The van der Waals surface area contributed by atoms with Crippen molar-refractivity contribution in [2.75, 3.05) is 6.54 Å². The van der Waals surface area contributed by atoms with Crippen LogP contribution in [-0.4, -0.2) is 38.0 Å². The van der Waals surface area contributed by atoms with Gasteiger partial charge >= 0.3 is 0 Å². The van der Waals surface area contributed by atoms with Gasteiger partial charge in [-0.2, -0.15) is 5.10 Å². The van der Waals surface area contributed by atoms with E-state index in [9.17, 15) is 9.59 Å². The minimum atomic E-state index is -0.497. The van der Waals surface area contributed by atoms with E-state index in [0.29, 0.717) is 26.1 Å². The Hall–Kier alpha value is -3.48. The number of aryl methyl sites for hydroxylation is 1. The molecule has 0 radical (unpaired) electrons. The third-order valence-corrected chi connectivity index (χ3v) is 5.07. The van der Waals surface area contributed by atoms with Gasteiger partial charge in [-0.05, 0) is 17.7 Å². The Morgan fingerprint density at radius 3 is 2.69 bits per heavy atom. The molecule has 1 aliphatic heterocycles.